The van der Waals surface area contributed by atoms with Crippen LogP contribution in [0.1, 0.15) is 18.1 Å². The zero-order valence-electron chi connectivity index (χ0n) is 19.0. The number of hydrogen-bond donors (Lipinski definition) is 2. The molecule has 7 nitrogen and oxygen atoms in total. The van der Waals surface area contributed by atoms with Gasteiger partial charge in [0.1, 0.15) is 22.4 Å². The maximum Gasteiger partial charge on any atom is 0.245 e. The zero-order chi connectivity index (χ0) is 24.6. The van der Waals surface area contributed by atoms with Gasteiger partial charge in [-0.1, -0.05) is 54.1 Å². The molecule has 0 fully saturated rings. The first kappa shape index (κ1) is 25.6. The van der Waals surface area contributed by atoms with Gasteiger partial charge in [0, 0.05) is 11.6 Å². The van der Waals surface area contributed by atoms with Crippen molar-refractivity contribution in [1.29, 1.82) is 0 Å². The summed E-state index contributed by atoms with van der Waals surface area (Å²) in [4.78, 5) is 13.0. The summed E-state index contributed by atoms with van der Waals surface area (Å²) < 4.78 is 39.7. The molecular formula is C25H27ClN2O5S. The summed E-state index contributed by atoms with van der Waals surface area (Å²) in [6, 6.07) is 19.7. The summed E-state index contributed by atoms with van der Waals surface area (Å²) in [7, 11) is -2.55. The van der Waals surface area contributed by atoms with Crippen LogP contribution >= 0.6 is 11.6 Å². The van der Waals surface area contributed by atoms with Gasteiger partial charge in [-0.25, -0.2) is 8.42 Å². The Morgan fingerprint density at radius 1 is 1.00 bits per heavy atom. The van der Waals surface area contributed by atoms with Crippen molar-refractivity contribution >= 4 is 27.5 Å². The summed E-state index contributed by atoms with van der Waals surface area (Å²) in [5.74, 6) is 0.413. The number of benzene rings is 3. The number of amides is 1. The van der Waals surface area contributed by atoms with Crippen molar-refractivity contribution in [2.45, 2.75) is 30.8 Å². The maximum atomic E-state index is 13.3. The molecule has 0 aliphatic carbocycles. The minimum atomic E-state index is -4.13. The third kappa shape index (κ3) is 6.96. The Morgan fingerprint density at radius 2 is 1.71 bits per heavy atom. The topological polar surface area (TPSA) is 93.7 Å². The van der Waals surface area contributed by atoms with E-state index in [4.69, 9.17) is 21.1 Å². The van der Waals surface area contributed by atoms with Crippen molar-refractivity contribution in [2.75, 3.05) is 13.7 Å². The maximum absolute atomic E-state index is 13.3. The van der Waals surface area contributed by atoms with E-state index in [-0.39, 0.29) is 35.2 Å². The highest BCUT2D eigenvalue weighted by atomic mass is 35.5. The van der Waals surface area contributed by atoms with E-state index in [2.05, 4.69) is 10.0 Å². The number of rotatable bonds is 11. The fourth-order valence-corrected chi connectivity index (χ4v) is 4.91. The molecule has 0 bridgehead atoms. The fourth-order valence-electron chi connectivity index (χ4n) is 3.31. The molecule has 3 aromatic carbocycles. The summed E-state index contributed by atoms with van der Waals surface area (Å²) >= 11 is 6.06. The number of nitrogens with one attached hydrogen (secondary N) is 2. The highest BCUT2D eigenvalue weighted by Crippen LogP contribution is 2.27. The second-order valence-electron chi connectivity index (χ2n) is 7.45. The Bertz CT molecular complexity index is 1200. The molecule has 0 spiro atoms. The van der Waals surface area contributed by atoms with Gasteiger partial charge in [-0.3, -0.25) is 4.79 Å². The number of hydrogen-bond acceptors (Lipinski definition) is 5. The van der Waals surface area contributed by atoms with Crippen LogP contribution < -0.4 is 19.5 Å². The van der Waals surface area contributed by atoms with Crippen molar-refractivity contribution in [3.05, 3.63) is 88.9 Å². The number of halogens is 1. The summed E-state index contributed by atoms with van der Waals surface area (Å²) in [5.41, 5.74) is 1.66. The fraction of sp³-hybridized carbons (Fsp3) is 0.240. The van der Waals surface area contributed by atoms with Gasteiger partial charge in [0.2, 0.25) is 15.9 Å². The molecule has 1 amide bonds. The Morgan fingerprint density at radius 3 is 2.35 bits per heavy atom. The molecule has 0 saturated carbocycles. The smallest absolute Gasteiger partial charge is 0.245 e. The predicted octanol–water partition coefficient (Wildman–Crippen LogP) is 3.95. The van der Waals surface area contributed by atoms with Crippen LogP contribution in [0.5, 0.6) is 11.5 Å². The standard InChI is InChI=1S/C25H27ClN2O5S/c1-3-33-23-14-11-20(26)16-24(23)34(30,31)28-22(15-18-7-5-4-6-8-18)25(29)27-17-19-9-12-21(32-2)13-10-19/h4-14,16,22,28H,3,15,17H2,1-2H3,(H,27,29). The molecule has 3 rings (SSSR count). The highest BCUT2D eigenvalue weighted by Gasteiger charge is 2.28. The van der Waals surface area contributed by atoms with Crippen LogP contribution in [0.25, 0.3) is 0 Å². The molecule has 2 N–H and O–H groups in total. The third-order valence-corrected chi connectivity index (χ3v) is 6.75. The quantitative estimate of drug-likeness (QED) is 0.414. The molecule has 180 valence electrons. The van der Waals surface area contributed by atoms with E-state index >= 15 is 0 Å². The minimum Gasteiger partial charge on any atom is -0.497 e. The summed E-state index contributed by atoms with van der Waals surface area (Å²) in [5, 5.41) is 3.06. The molecule has 3 aromatic rings. The molecule has 0 heterocycles. The molecular weight excluding hydrogens is 476 g/mol. The number of sulfonamides is 1. The molecule has 1 unspecified atom stereocenters. The van der Waals surface area contributed by atoms with Crippen molar-refractivity contribution in [3.63, 3.8) is 0 Å². The monoisotopic (exact) mass is 502 g/mol. The Hall–Kier alpha value is -3.07. The number of methoxy groups -OCH3 is 1. The Labute approximate surface area is 205 Å². The molecule has 1 atom stereocenters. The third-order valence-electron chi connectivity index (χ3n) is 5.02. The van der Waals surface area contributed by atoms with Crippen LogP contribution in [0.2, 0.25) is 5.02 Å². The predicted molar refractivity (Wildman–Crippen MR) is 132 cm³/mol. The molecule has 0 aromatic heterocycles. The lowest BCUT2D eigenvalue weighted by Gasteiger charge is -2.20. The van der Waals surface area contributed by atoms with Crippen LogP contribution in [0.4, 0.5) is 0 Å². The van der Waals surface area contributed by atoms with Crippen LogP contribution in [-0.2, 0) is 27.8 Å². The van der Waals surface area contributed by atoms with Gasteiger partial charge >= 0.3 is 0 Å². The van der Waals surface area contributed by atoms with E-state index in [1.807, 2.05) is 42.5 Å². The Kier molecular flexibility index (Phi) is 8.92. The first-order chi connectivity index (χ1) is 16.3. The number of ether oxygens (including phenoxy) is 2. The van der Waals surface area contributed by atoms with E-state index < -0.39 is 22.0 Å². The minimum absolute atomic E-state index is 0.122. The van der Waals surface area contributed by atoms with Gasteiger partial charge in [-0.2, -0.15) is 4.72 Å². The van der Waals surface area contributed by atoms with E-state index in [1.54, 1.807) is 32.2 Å². The van der Waals surface area contributed by atoms with Crippen molar-refractivity contribution in [2.24, 2.45) is 0 Å². The summed E-state index contributed by atoms with van der Waals surface area (Å²) in [6.45, 7) is 2.26. The lowest BCUT2D eigenvalue weighted by Crippen LogP contribution is -2.47. The zero-order valence-corrected chi connectivity index (χ0v) is 20.5. The van der Waals surface area contributed by atoms with E-state index in [1.165, 1.54) is 12.1 Å². The second kappa shape index (κ2) is 11.9. The van der Waals surface area contributed by atoms with Gasteiger partial charge in [-0.05, 0) is 54.8 Å². The van der Waals surface area contributed by atoms with E-state index in [0.29, 0.717) is 5.75 Å². The molecule has 0 radical (unpaired) electrons. The highest BCUT2D eigenvalue weighted by molar-refractivity contribution is 7.89. The van der Waals surface area contributed by atoms with Gasteiger partial charge in [-0.15, -0.1) is 0 Å². The van der Waals surface area contributed by atoms with Gasteiger partial charge in [0.25, 0.3) is 0 Å². The molecule has 9 heteroatoms. The van der Waals surface area contributed by atoms with E-state index in [0.717, 1.165) is 11.1 Å². The largest absolute Gasteiger partial charge is 0.497 e. The summed E-state index contributed by atoms with van der Waals surface area (Å²) in [6.07, 6.45) is 0.166. The van der Waals surface area contributed by atoms with Crippen LogP contribution in [0, 0.1) is 0 Å². The van der Waals surface area contributed by atoms with Gasteiger partial charge in [0.05, 0.1) is 13.7 Å². The normalized spacial score (nSPS) is 12.1. The van der Waals surface area contributed by atoms with Gasteiger partial charge < -0.3 is 14.8 Å². The average Bonchev–Trinajstić information content (AvgIpc) is 2.84. The molecule has 0 aliphatic rings. The average molecular weight is 503 g/mol. The molecule has 0 aliphatic heterocycles. The molecule has 34 heavy (non-hydrogen) atoms. The van der Waals surface area contributed by atoms with Crippen molar-refractivity contribution < 1.29 is 22.7 Å². The molecule has 0 saturated heterocycles. The van der Waals surface area contributed by atoms with Crippen LogP contribution in [0.15, 0.2) is 77.7 Å². The van der Waals surface area contributed by atoms with E-state index in [9.17, 15) is 13.2 Å². The first-order valence-electron chi connectivity index (χ1n) is 10.7. The van der Waals surface area contributed by atoms with Crippen LogP contribution in [-0.4, -0.2) is 34.1 Å². The van der Waals surface area contributed by atoms with Gasteiger partial charge in [0.15, 0.2) is 0 Å². The SMILES string of the molecule is CCOc1ccc(Cl)cc1S(=O)(=O)NC(Cc1ccccc1)C(=O)NCc1ccc(OC)cc1. The lowest BCUT2D eigenvalue weighted by atomic mass is 10.1. The number of carbonyl (C=O) groups excluding carboxylic acids is 1. The lowest BCUT2D eigenvalue weighted by molar-refractivity contribution is -0.122. The Balaban J connectivity index is 1.83. The second-order valence-corrected chi connectivity index (χ2v) is 9.57. The van der Waals surface area contributed by atoms with Crippen molar-refractivity contribution in [1.82, 2.24) is 10.0 Å². The number of carbonyl (C=O) groups is 1. The first-order valence-corrected chi connectivity index (χ1v) is 12.6. The van der Waals surface area contributed by atoms with Crippen molar-refractivity contribution in [3.8, 4) is 11.5 Å². The van der Waals surface area contributed by atoms with Crippen LogP contribution in [0.3, 0.4) is 0 Å².